The van der Waals surface area contributed by atoms with Gasteiger partial charge in [0.1, 0.15) is 0 Å². The molecule has 1 aromatic heterocycles. The van der Waals surface area contributed by atoms with Crippen LogP contribution in [0.15, 0.2) is 188 Å². The van der Waals surface area contributed by atoms with Crippen LogP contribution in [0.3, 0.4) is 0 Å². The molecule has 0 saturated carbocycles. The van der Waals surface area contributed by atoms with Crippen molar-refractivity contribution in [2.45, 2.75) is 0 Å². The fraction of sp³-hybridized carbons (Fsp3) is 0. The van der Waals surface area contributed by atoms with Gasteiger partial charge < -0.3 is 9.13 Å². The van der Waals surface area contributed by atoms with Crippen LogP contribution in [0.4, 0.5) is 0 Å². The number of hydrogen-bond acceptors (Lipinski definition) is 3. The minimum absolute atomic E-state index is 0.637. The van der Waals surface area contributed by atoms with Gasteiger partial charge >= 0.3 is 0 Å². The summed E-state index contributed by atoms with van der Waals surface area (Å²) in [7, 11) is -7.02. The summed E-state index contributed by atoms with van der Waals surface area (Å²) in [6.45, 7) is 0. The van der Waals surface area contributed by atoms with E-state index in [4.69, 9.17) is 0 Å². The highest BCUT2D eigenvalue weighted by Gasteiger charge is 2.39. The Bertz CT molecular complexity index is 1990. The normalized spacial score (nSPS) is 11.7. The number of pyridine rings is 1. The molecule has 0 amide bonds. The number of nitrogens with zero attached hydrogens (tertiary/aromatic N) is 1. The van der Waals surface area contributed by atoms with Crippen molar-refractivity contribution in [3.8, 4) is 22.3 Å². The predicted octanol–water partition coefficient (Wildman–Crippen LogP) is 7.69. The van der Waals surface area contributed by atoms with Crippen molar-refractivity contribution in [1.82, 2.24) is 4.98 Å². The van der Waals surface area contributed by atoms with Crippen LogP contribution >= 0.6 is 14.3 Å². The van der Waals surface area contributed by atoms with Crippen molar-refractivity contribution in [1.29, 1.82) is 0 Å². The van der Waals surface area contributed by atoms with Crippen molar-refractivity contribution in [3.05, 3.63) is 188 Å². The average molecular weight is 632 g/mol. The lowest BCUT2D eigenvalue weighted by molar-refractivity contribution is 0.592. The topological polar surface area (TPSA) is 47.0 Å². The van der Waals surface area contributed by atoms with Gasteiger partial charge in [0.15, 0.2) is 14.3 Å². The van der Waals surface area contributed by atoms with Gasteiger partial charge in [-0.15, -0.1) is 0 Å². The molecule has 0 saturated heterocycles. The first-order valence-corrected chi connectivity index (χ1v) is 18.6. The lowest BCUT2D eigenvalue weighted by Crippen LogP contribution is -2.33. The molecule has 0 bridgehead atoms. The lowest BCUT2D eigenvalue weighted by atomic mass is 9.96. The smallest absolute Gasteiger partial charge is 0.171 e. The molecule has 0 aliphatic heterocycles. The van der Waals surface area contributed by atoms with E-state index in [-0.39, 0.29) is 0 Å². The van der Waals surface area contributed by atoms with Crippen LogP contribution < -0.4 is 31.8 Å². The molecule has 46 heavy (non-hydrogen) atoms. The number of rotatable bonds is 8. The third-order valence-electron chi connectivity index (χ3n) is 8.35. The van der Waals surface area contributed by atoms with Crippen LogP contribution in [0.2, 0.25) is 0 Å². The maximum Gasteiger partial charge on any atom is 0.171 e. The number of benzene rings is 6. The van der Waals surface area contributed by atoms with Gasteiger partial charge in [-0.05, 0) is 17.2 Å². The van der Waals surface area contributed by atoms with Gasteiger partial charge in [-0.3, -0.25) is 4.98 Å². The van der Waals surface area contributed by atoms with Crippen molar-refractivity contribution in [2.24, 2.45) is 0 Å². The van der Waals surface area contributed by atoms with Crippen molar-refractivity contribution in [2.75, 3.05) is 0 Å². The molecule has 1 heterocycles. The Balaban J connectivity index is 1.67. The van der Waals surface area contributed by atoms with Crippen molar-refractivity contribution < 1.29 is 9.13 Å². The summed E-state index contributed by atoms with van der Waals surface area (Å²) < 4.78 is 32.2. The number of hydrogen-bond donors (Lipinski definition) is 0. The molecule has 0 radical (unpaired) electrons. The lowest BCUT2D eigenvalue weighted by Gasteiger charge is -2.29. The third-order valence-corrected chi connectivity index (χ3v) is 14.6. The molecule has 0 atom stereocenters. The molecule has 0 aliphatic carbocycles. The van der Waals surface area contributed by atoms with E-state index in [0.29, 0.717) is 37.4 Å². The van der Waals surface area contributed by atoms with E-state index in [1.54, 1.807) is 6.20 Å². The molecule has 6 aromatic carbocycles. The molecule has 7 rings (SSSR count). The van der Waals surface area contributed by atoms with Crippen LogP contribution in [0.1, 0.15) is 0 Å². The van der Waals surface area contributed by atoms with E-state index in [1.807, 2.05) is 182 Å². The second kappa shape index (κ2) is 12.7. The first kappa shape index (κ1) is 29.6. The predicted molar refractivity (Wildman–Crippen MR) is 194 cm³/mol. The Kier molecular flexibility index (Phi) is 8.20. The molecule has 7 aromatic rings. The highest BCUT2D eigenvalue weighted by molar-refractivity contribution is 7.87. The second-order valence-electron chi connectivity index (χ2n) is 11.0. The van der Waals surface area contributed by atoms with Gasteiger partial charge in [0.25, 0.3) is 0 Å². The van der Waals surface area contributed by atoms with E-state index in [1.165, 1.54) is 0 Å². The van der Waals surface area contributed by atoms with Gasteiger partial charge in [0, 0.05) is 55.3 Å². The minimum atomic E-state index is -3.51. The van der Waals surface area contributed by atoms with Crippen LogP contribution in [0.25, 0.3) is 22.3 Å². The summed E-state index contributed by atoms with van der Waals surface area (Å²) in [6.07, 6.45) is 3.60. The molecule has 0 fully saturated rings. The Morgan fingerprint density at radius 1 is 0.370 bits per heavy atom. The summed E-state index contributed by atoms with van der Waals surface area (Å²) >= 11 is 0. The summed E-state index contributed by atoms with van der Waals surface area (Å²) in [4.78, 5) is 4.53. The van der Waals surface area contributed by atoms with E-state index in [0.717, 1.165) is 16.7 Å². The zero-order chi connectivity index (χ0) is 31.4. The molecule has 222 valence electrons. The third kappa shape index (κ3) is 5.19. The standard InChI is InChI=1S/C41H31NO2P2/c43-45(33-19-8-2-9-20-33,34-21-10-3-11-22-34)39-27-16-28-40(41(39)37-29-30-42-31-38(37)32-17-6-1-7-18-32)46(44,35-23-12-4-13-24-35)36-25-14-5-15-26-36/h1-31H. The average Bonchev–Trinajstić information content (AvgIpc) is 3.15. The molecule has 0 spiro atoms. The summed E-state index contributed by atoms with van der Waals surface area (Å²) in [5, 5.41) is 4.12. The summed E-state index contributed by atoms with van der Waals surface area (Å²) in [5.74, 6) is 0. The maximum atomic E-state index is 16.1. The minimum Gasteiger partial charge on any atom is -0.309 e. The Hall–Kier alpha value is -5.07. The first-order chi connectivity index (χ1) is 22.6. The molecule has 3 nitrogen and oxygen atoms in total. The highest BCUT2D eigenvalue weighted by atomic mass is 31.2. The SMILES string of the molecule is O=P(c1ccccc1)(c1ccccc1)c1cccc(P(=O)(c2ccccc2)c2ccccc2)c1-c1ccncc1-c1ccccc1. The quantitative estimate of drug-likeness (QED) is 0.162. The van der Waals surface area contributed by atoms with Crippen LogP contribution in [0.5, 0.6) is 0 Å². The molecular formula is C41H31NO2P2. The first-order valence-electron chi connectivity index (χ1n) is 15.2. The summed E-state index contributed by atoms with van der Waals surface area (Å²) in [6, 6.07) is 56.5. The van der Waals surface area contributed by atoms with Crippen molar-refractivity contribution >= 4 is 46.1 Å². The van der Waals surface area contributed by atoms with Gasteiger partial charge in [-0.1, -0.05) is 170 Å². The fourth-order valence-electron chi connectivity index (χ4n) is 6.20. The van der Waals surface area contributed by atoms with Gasteiger partial charge in [-0.2, -0.15) is 0 Å². The van der Waals surface area contributed by atoms with Crippen LogP contribution in [-0.4, -0.2) is 4.98 Å². The highest BCUT2D eigenvalue weighted by Crippen LogP contribution is 2.51. The van der Waals surface area contributed by atoms with Crippen LogP contribution in [0, 0.1) is 0 Å². The molecule has 0 aliphatic rings. The molecule has 5 heteroatoms. The monoisotopic (exact) mass is 631 g/mol. The van der Waals surface area contributed by atoms with Gasteiger partial charge in [0.05, 0.1) is 0 Å². The maximum absolute atomic E-state index is 16.1. The Morgan fingerprint density at radius 2 is 0.739 bits per heavy atom. The fourth-order valence-corrected chi connectivity index (χ4v) is 12.1. The summed E-state index contributed by atoms with van der Waals surface area (Å²) in [5.41, 5.74) is 3.37. The molecule has 0 N–H and O–H groups in total. The largest absolute Gasteiger partial charge is 0.309 e. The Labute approximate surface area is 270 Å². The zero-order valence-corrected chi connectivity index (χ0v) is 26.8. The zero-order valence-electron chi connectivity index (χ0n) is 25.1. The van der Waals surface area contributed by atoms with Crippen molar-refractivity contribution in [3.63, 3.8) is 0 Å². The van der Waals surface area contributed by atoms with Gasteiger partial charge in [0.2, 0.25) is 0 Å². The van der Waals surface area contributed by atoms with E-state index >= 15 is 9.13 Å². The second-order valence-corrected chi connectivity index (χ2v) is 16.5. The van der Waals surface area contributed by atoms with E-state index < -0.39 is 14.3 Å². The molecule has 0 unspecified atom stereocenters. The Morgan fingerprint density at radius 3 is 1.13 bits per heavy atom. The van der Waals surface area contributed by atoms with E-state index in [2.05, 4.69) is 4.98 Å². The number of aromatic nitrogens is 1. The molecular weight excluding hydrogens is 600 g/mol. The van der Waals surface area contributed by atoms with Gasteiger partial charge in [-0.25, -0.2) is 0 Å². The van der Waals surface area contributed by atoms with Crippen LogP contribution in [-0.2, 0) is 9.13 Å². The van der Waals surface area contributed by atoms with E-state index in [9.17, 15) is 0 Å².